The van der Waals surface area contributed by atoms with Crippen LogP contribution in [0.25, 0.3) is 0 Å². The summed E-state index contributed by atoms with van der Waals surface area (Å²) in [6.07, 6.45) is 0.429. The number of alkyl halides is 2. The van der Waals surface area contributed by atoms with Crippen LogP contribution in [0.4, 0.5) is 8.78 Å². The summed E-state index contributed by atoms with van der Waals surface area (Å²) in [6, 6.07) is 0. The highest BCUT2D eigenvalue weighted by molar-refractivity contribution is 8.01. The highest BCUT2D eigenvalue weighted by Gasteiger charge is 2.42. The van der Waals surface area contributed by atoms with E-state index in [0.29, 0.717) is 18.8 Å². The molecule has 1 atom stereocenters. The van der Waals surface area contributed by atoms with Crippen molar-refractivity contribution in [3.63, 3.8) is 0 Å². The van der Waals surface area contributed by atoms with E-state index in [4.69, 9.17) is 0 Å². The van der Waals surface area contributed by atoms with Crippen LogP contribution in [-0.2, 0) is 4.79 Å². The molecule has 0 aliphatic heterocycles. The van der Waals surface area contributed by atoms with Crippen molar-refractivity contribution in [2.75, 3.05) is 5.75 Å². The average Bonchev–Trinajstić information content (AvgIpc) is 2.30. The van der Waals surface area contributed by atoms with Crippen LogP contribution in [0.15, 0.2) is 0 Å². The maximum atomic E-state index is 12.0. The Balaban J connectivity index is 4.33. The van der Waals surface area contributed by atoms with Crippen LogP contribution >= 0.6 is 11.8 Å². The summed E-state index contributed by atoms with van der Waals surface area (Å²) in [5.41, 5.74) is 0. The molecule has 0 rings (SSSR count). The number of hydrogen-bond acceptors (Lipinski definition) is 2. The topological polar surface area (TPSA) is 37.3 Å². The first kappa shape index (κ1) is 19.7. The van der Waals surface area contributed by atoms with Crippen molar-refractivity contribution in [2.45, 2.75) is 71.0 Å². The normalized spacial score (nSPS) is 15.1. The summed E-state index contributed by atoms with van der Waals surface area (Å²) in [5.74, 6) is 0.340. The second kappa shape index (κ2) is 9.59. The molecule has 0 heterocycles. The Kier molecular flexibility index (Phi) is 9.43. The first-order valence-electron chi connectivity index (χ1n) is 7.38. The number of rotatable bonds is 11. The van der Waals surface area contributed by atoms with Gasteiger partial charge in [0.05, 0.1) is 0 Å². The van der Waals surface area contributed by atoms with Gasteiger partial charge in [0, 0.05) is 6.42 Å². The molecule has 0 amide bonds. The molecular weight excluding hydrogens is 282 g/mol. The van der Waals surface area contributed by atoms with Crippen LogP contribution in [0.3, 0.4) is 0 Å². The van der Waals surface area contributed by atoms with E-state index in [0.717, 1.165) is 18.6 Å². The largest absolute Gasteiger partial charge is 0.480 e. The third kappa shape index (κ3) is 6.91. The summed E-state index contributed by atoms with van der Waals surface area (Å²) in [6.45, 7) is 7.95. The number of hydrogen-bond donors (Lipinski definition) is 1. The highest BCUT2D eigenvalue weighted by atomic mass is 32.2. The first-order valence-corrected chi connectivity index (χ1v) is 8.36. The van der Waals surface area contributed by atoms with Crippen molar-refractivity contribution >= 4 is 17.7 Å². The van der Waals surface area contributed by atoms with Gasteiger partial charge in [-0.3, -0.25) is 4.79 Å². The van der Waals surface area contributed by atoms with Crippen LogP contribution in [0.2, 0.25) is 0 Å². The fourth-order valence-corrected chi connectivity index (χ4v) is 3.92. The molecule has 0 aliphatic rings. The van der Waals surface area contributed by atoms with Crippen LogP contribution in [0, 0.1) is 11.8 Å². The zero-order valence-corrected chi connectivity index (χ0v) is 13.8. The van der Waals surface area contributed by atoms with Gasteiger partial charge < -0.3 is 5.11 Å². The van der Waals surface area contributed by atoms with Gasteiger partial charge in [0.15, 0.2) is 0 Å². The second-order valence-corrected chi connectivity index (χ2v) is 7.46. The molecule has 0 saturated carbocycles. The molecule has 0 saturated heterocycles. The van der Waals surface area contributed by atoms with E-state index in [1.165, 1.54) is 11.8 Å². The minimum atomic E-state index is -2.22. The zero-order chi connectivity index (χ0) is 15.8. The minimum Gasteiger partial charge on any atom is -0.480 e. The molecular formula is C15H28F2O2S. The summed E-state index contributed by atoms with van der Waals surface area (Å²) in [7, 11) is 0. The van der Waals surface area contributed by atoms with Crippen LogP contribution < -0.4 is 0 Å². The van der Waals surface area contributed by atoms with Gasteiger partial charge in [0.1, 0.15) is 4.75 Å². The van der Waals surface area contributed by atoms with E-state index in [9.17, 15) is 18.7 Å². The van der Waals surface area contributed by atoms with Crippen molar-refractivity contribution in [1.29, 1.82) is 0 Å². The number of halogens is 2. The van der Waals surface area contributed by atoms with Gasteiger partial charge in [-0.2, -0.15) is 0 Å². The lowest BCUT2D eigenvalue weighted by Crippen LogP contribution is -2.42. The van der Waals surface area contributed by atoms with Gasteiger partial charge in [-0.1, -0.05) is 34.1 Å². The van der Waals surface area contributed by atoms with Gasteiger partial charge in [-0.25, -0.2) is 8.78 Å². The molecule has 2 nitrogen and oxygen atoms in total. The van der Waals surface area contributed by atoms with Gasteiger partial charge in [0.2, 0.25) is 6.43 Å². The molecule has 0 aliphatic carbocycles. The van der Waals surface area contributed by atoms with Crippen molar-refractivity contribution < 1.29 is 18.7 Å². The van der Waals surface area contributed by atoms with Gasteiger partial charge in [0.25, 0.3) is 0 Å². The molecule has 0 fully saturated rings. The molecule has 0 radical (unpaired) electrons. The SMILES string of the molecule is CC(C)CC(SCCCCCC(F)F)(C(=O)O)C(C)C. The Morgan fingerprint density at radius 2 is 1.75 bits per heavy atom. The molecule has 0 spiro atoms. The van der Waals surface area contributed by atoms with Crippen molar-refractivity contribution in [2.24, 2.45) is 11.8 Å². The summed E-state index contributed by atoms with van der Waals surface area (Å²) < 4.78 is 23.3. The Morgan fingerprint density at radius 1 is 1.15 bits per heavy atom. The lowest BCUT2D eigenvalue weighted by Gasteiger charge is -2.34. The Labute approximate surface area is 125 Å². The number of carboxylic acid groups (broad SMARTS) is 1. The smallest absolute Gasteiger partial charge is 0.320 e. The van der Waals surface area contributed by atoms with Crippen molar-refractivity contribution in [1.82, 2.24) is 0 Å². The predicted octanol–water partition coefficient (Wildman–Crippen LogP) is 5.07. The number of unbranched alkanes of at least 4 members (excludes halogenated alkanes) is 2. The molecule has 0 aromatic heterocycles. The fourth-order valence-electron chi connectivity index (χ4n) is 2.30. The van der Waals surface area contributed by atoms with E-state index in [-0.39, 0.29) is 12.3 Å². The van der Waals surface area contributed by atoms with Crippen LogP contribution in [0.5, 0.6) is 0 Å². The van der Waals surface area contributed by atoms with Gasteiger partial charge >= 0.3 is 5.97 Å². The van der Waals surface area contributed by atoms with E-state index < -0.39 is 17.1 Å². The molecule has 5 heteroatoms. The molecule has 1 unspecified atom stereocenters. The number of thioether (sulfide) groups is 1. The Morgan fingerprint density at radius 3 is 2.15 bits per heavy atom. The number of carbonyl (C=O) groups is 1. The molecule has 0 aromatic rings. The Bertz CT molecular complexity index is 283. The highest BCUT2D eigenvalue weighted by Crippen LogP contribution is 2.40. The third-order valence-corrected chi connectivity index (χ3v) is 5.25. The standard InChI is InChI=1S/C15H28F2O2S/c1-11(2)10-15(12(3)4,14(18)19)20-9-7-5-6-8-13(16)17/h11-13H,5-10H2,1-4H3,(H,18,19). The molecule has 0 bridgehead atoms. The summed E-state index contributed by atoms with van der Waals surface area (Å²) in [5, 5.41) is 9.60. The monoisotopic (exact) mass is 310 g/mol. The fraction of sp³-hybridized carbons (Fsp3) is 0.933. The van der Waals surface area contributed by atoms with Crippen LogP contribution in [-0.4, -0.2) is 28.0 Å². The number of carboxylic acids is 1. The summed E-state index contributed by atoms with van der Waals surface area (Å²) >= 11 is 1.49. The van der Waals surface area contributed by atoms with Crippen molar-refractivity contribution in [3.05, 3.63) is 0 Å². The molecule has 120 valence electrons. The lowest BCUT2D eigenvalue weighted by molar-refractivity contribution is -0.141. The van der Waals surface area contributed by atoms with Gasteiger partial charge in [-0.05, 0) is 36.9 Å². The zero-order valence-electron chi connectivity index (χ0n) is 13.0. The van der Waals surface area contributed by atoms with Crippen LogP contribution in [0.1, 0.15) is 59.8 Å². The lowest BCUT2D eigenvalue weighted by atomic mass is 9.86. The molecule has 20 heavy (non-hydrogen) atoms. The predicted molar refractivity (Wildman–Crippen MR) is 81.6 cm³/mol. The van der Waals surface area contributed by atoms with E-state index in [2.05, 4.69) is 0 Å². The average molecular weight is 310 g/mol. The third-order valence-electron chi connectivity index (χ3n) is 3.43. The quantitative estimate of drug-likeness (QED) is 0.541. The van der Waals surface area contributed by atoms with E-state index >= 15 is 0 Å². The Hall–Kier alpha value is -0.320. The van der Waals surface area contributed by atoms with Crippen molar-refractivity contribution in [3.8, 4) is 0 Å². The van der Waals surface area contributed by atoms with Gasteiger partial charge in [-0.15, -0.1) is 11.8 Å². The maximum absolute atomic E-state index is 12.0. The summed E-state index contributed by atoms with van der Waals surface area (Å²) in [4.78, 5) is 11.7. The number of aliphatic carboxylic acids is 1. The molecule has 1 N–H and O–H groups in total. The first-order chi connectivity index (χ1) is 9.22. The minimum absolute atomic E-state index is 0.0495. The second-order valence-electron chi connectivity index (χ2n) is 6.04. The maximum Gasteiger partial charge on any atom is 0.320 e. The molecule has 0 aromatic carbocycles. The van der Waals surface area contributed by atoms with E-state index in [1.807, 2.05) is 27.7 Å². The van der Waals surface area contributed by atoms with E-state index in [1.54, 1.807) is 0 Å².